The van der Waals surface area contributed by atoms with E-state index < -0.39 is 5.91 Å². The minimum absolute atomic E-state index is 0.0429. The van der Waals surface area contributed by atoms with E-state index in [9.17, 15) is 14.9 Å². The number of benzene rings is 2. The van der Waals surface area contributed by atoms with E-state index in [0.29, 0.717) is 23.7 Å². The minimum atomic E-state index is -0.468. The van der Waals surface area contributed by atoms with Gasteiger partial charge in [-0.3, -0.25) is 14.5 Å². The molecule has 2 aromatic rings. The van der Waals surface area contributed by atoms with Crippen molar-refractivity contribution in [2.45, 2.75) is 18.6 Å². The van der Waals surface area contributed by atoms with Gasteiger partial charge >= 0.3 is 0 Å². The van der Waals surface area contributed by atoms with Gasteiger partial charge in [0, 0.05) is 16.7 Å². The summed E-state index contributed by atoms with van der Waals surface area (Å²) in [5.74, 6) is -0.614. The summed E-state index contributed by atoms with van der Waals surface area (Å²) in [4.78, 5) is 26.8. The van der Waals surface area contributed by atoms with Crippen molar-refractivity contribution in [3.8, 4) is 6.07 Å². The molecule has 0 saturated carbocycles. The fraction of sp³-hybridized carbons (Fsp3) is 0.190. The van der Waals surface area contributed by atoms with Gasteiger partial charge in [0.2, 0.25) is 5.91 Å². The first-order chi connectivity index (χ1) is 13.5. The van der Waals surface area contributed by atoms with Gasteiger partial charge in [-0.05, 0) is 43.2 Å². The molecule has 1 N–H and O–H groups in total. The zero-order chi connectivity index (χ0) is 20.1. The number of amides is 2. The van der Waals surface area contributed by atoms with Crippen LogP contribution in [-0.2, 0) is 16.0 Å². The van der Waals surface area contributed by atoms with Crippen LogP contribution in [0.3, 0.4) is 0 Å². The van der Waals surface area contributed by atoms with Crippen LogP contribution in [0.1, 0.15) is 12.5 Å². The molecule has 0 aliphatic carbocycles. The average Bonchev–Trinajstić information content (AvgIpc) is 2.98. The first-order valence-electron chi connectivity index (χ1n) is 8.74. The van der Waals surface area contributed by atoms with Crippen molar-refractivity contribution in [1.82, 2.24) is 5.32 Å². The molecule has 1 heterocycles. The number of hydrogen-bond acceptors (Lipinski definition) is 4. The molecular formula is C21H18BrN3O2S. The molecule has 7 heteroatoms. The maximum atomic E-state index is 12.7. The van der Waals surface area contributed by atoms with E-state index in [4.69, 9.17) is 0 Å². The summed E-state index contributed by atoms with van der Waals surface area (Å²) in [7, 11) is 0. The average molecular weight is 456 g/mol. The standard InChI is InChI=1S/C21H18BrN3O2S/c1-14-20(27)25(17-9-7-16(22)8-10-17)21(28-14)18(13-23)19(26)24-12-11-15-5-3-2-4-6-15/h2-10,14H,11-12H2,1H3,(H,24,26)/b21-18+. The highest BCUT2D eigenvalue weighted by atomic mass is 79.9. The lowest BCUT2D eigenvalue weighted by Crippen LogP contribution is -2.31. The Morgan fingerprint density at radius 3 is 2.54 bits per heavy atom. The highest BCUT2D eigenvalue weighted by molar-refractivity contribution is 9.10. The van der Waals surface area contributed by atoms with Crippen LogP contribution < -0.4 is 10.2 Å². The van der Waals surface area contributed by atoms with Gasteiger partial charge in [0.15, 0.2) is 0 Å². The summed E-state index contributed by atoms with van der Waals surface area (Å²) in [5, 5.41) is 12.4. The number of carbonyl (C=O) groups excluding carboxylic acids is 2. The summed E-state index contributed by atoms with van der Waals surface area (Å²) in [6.07, 6.45) is 0.666. The Bertz CT molecular complexity index is 952. The Labute approximate surface area is 176 Å². The summed E-state index contributed by atoms with van der Waals surface area (Å²) in [6, 6.07) is 19.0. The molecule has 5 nitrogen and oxygen atoms in total. The number of nitrogens with one attached hydrogen (secondary N) is 1. The third-order valence-corrected chi connectivity index (χ3v) is 5.93. The molecule has 1 atom stereocenters. The van der Waals surface area contributed by atoms with Crippen molar-refractivity contribution in [2.75, 3.05) is 11.4 Å². The highest BCUT2D eigenvalue weighted by Crippen LogP contribution is 2.40. The predicted molar refractivity (Wildman–Crippen MR) is 114 cm³/mol. The Hall–Kier alpha value is -2.56. The predicted octanol–water partition coefficient (Wildman–Crippen LogP) is 4.01. The van der Waals surface area contributed by atoms with Crippen molar-refractivity contribution < 1.29 is 9.59 Å². The van der Waals surface area contributed by atoms with E-state index in [1.165, 1.54) is 16.7 Å². The minimum Gasteiger partial charge on any atom is -0.351 e. The van der Waals surface area contributed by atoms with Crippen LogP contribution in [0.5, 0.6) is 0 Å². The third-order valence-electron chi connectivity index (χ3n) is 4.24. The number of rotatable bonds is 5. The SMILES string of the molecule is CC1S/C(=C(\C#N)C(=O)NCCc2ccccc2)N(c2ccc(Br)cc2)C1=O. The second kappa shape index (κ2) is 9.09. The summed E-state index contributed by atoms with van der Waals surface area (Å²) in [5.41, 5.74) is 1.69. The normalized spacial score (nSPS) is 18.0. The molecule has 2 amide bonds. The fourth-order valence-corrected chi connectivity index (χ4v) is 4.17. The topological polar surface area (TPSA) is 73.2 Å². The first-order valence-corrected chi connectivity index (χ1v) is 10.4. The molecule has 3 rings (SSSR count). The second-order valence-corrected chi connectivity index (χ2v) is 8.44. The molecule has 1 aliphatic heterocycles. The zero-order valence-corrected chi connectivity index (χ0v) is 17.6. The molecule has 0 aromatic heterocycles. The van der Waals surface area contributed by atoms with E-state index >= 15 is 0 Å². The van der Waals surface area contributed by atoms with Crippen molar-refractivity contribution in [2.24, 2.45) is 0 Å². The quantitative estimate of drug-likeness (QED) is 0.545. The Morgan fingerprint density at radius 1 is 1.21 bits per heavy atom. The summed E-state index contributed by atoms with van der Waals surface area (Å²) >= 11 is 4.61. The van der Waals surface area contributed by atoms with Crippen LogP contribution in [0.25, 0.3) is 0 Å². The fourth-order valence-electron chi connectivity index (χ4n) is 2.81. The number of carbonyl (C=O) groups is 2. The number of hydrogen-bond donors (Lipinski definition) is 1. The lowest BCUT2D eigenvalue weighted by Gasteiger charge is -2.18. The Morgan fingerprint density at radius 2 is 1.89 bits per heavy atom. The number of anilines is 1. The van der Waals surface area contributed by atoms with Crippen molar-refractivity contribution >= 4 is 45.2 Å². The van der Waals surface area contributed by atoms with Crippen molar-refractivity contribution in [1.29, 1.82) is 5.26 Å². The lowest BCUT2D eigenvalue weighted by atomic mass is 10.1. The smallest absolute Gasteiger partial charge is 0.264 e. The van der Waals surface area contributed by atoms with E-state index in [1.54, 1.807) is 19.1 Å². The van der Waals surface area contributed by atoms with Gasteiger partial charge in [-0.2, -0.15) is 5.26 Å². The molecule has 1 fully saturated rings. The highest BCUT2D eigenvalue weighted by Gasteiger charge is 2.38. The van der Waals surface area contributed by atoms with Crippen LogP contribution in [-0.4, -0.2) is 23.6 Å². The van der Waals surface area contributed by atoms with Gasteiger partial charge in [-0.15, -0.1) is 0 Å². The van der Waals surface area contributed by atoms with Gasteiger partial charge in [0.1, 0.15) is 16.7 Å². The van der Waals surface area contributed by atoms with Gasteiger partial charge in [-0.25, -0.2) is 0 Å². The zero-order valence-electron chi connectivity index (χ0n) is 15.2. The number of nitriles is 1. The number of nitrogens with zero attached hydrogens (tertiary/aromatic N) is 2. The second-order valence-electron chi connectivity index (χ2n) is 6.19. The van der Waals surface area contributed by atoms with Crippen LogP contribution in [0, 0.1) is 11.3 Å². The monoisotopic (exact) mass is 455 g/mol. The van der Waals surface area contributed by atoms with Crippen LogP contribution in [0.2, 0.25) is 0 Å². The molecular weight excluding hydrogens is 438 g/mol. The summed E-state index contributed by atoms with van der Waals surface area (Å²) in [6.45, 7) is 2.18. The van der Waals surface area contributed by atoms with Gasteiger partial charge in [0.05, 0.1) is 5.25 Å². The largest absolute Gasteiger partial charge is 0.351 e. The van der Waals surface area contributed by atoms with Crippen molar-refractivity contribution in [3.63, 3.8) is 0 Å². The van der Waals surface area contributed by atoms with E-state index in [2.05, 4.69) is 21.2 Å². The van der Waals surface area contributed by atoms with E-state index in [-0.39, 0.29) is 16.7 Å². The van der Waals surface area contributed by atoms with Crippen molar-refractivity contribution in [3.05, 3.63) is 75.2 Å². The summed E-state index contributed by atoms with van der Waals surface area (Å²) < 4.78 is 0.883. The first kappa shape index (κ1) is 20.2. The molecule has 1 saturated heterocycles. The maximum absolute atomic E-state index is 12.7. The maximum Gasteiger partial charge on any atom is 0.264 e. The van der Waals surface area contributed by atoms with Gasteiger partial charge < -0.3 is 5.32 Å². The number of halogens is 1. The Kier molecular flexibility index (Phi) is 6.55. The molecule has 0 radical (unpaired) electrons. The molecule has 142 valence electrons. The lowest BCUT2D eigenvalue weighted by molar-refractivity contribution is -0.117. The van der Waals surface area contributed by atoms with E-state index in [1.807, 2.05) is 48.5 Å². The van der Waals surface area contributed by atoms with Crippen LogP contribution >= 0.6 is 27.7 Å². The van der Waals surface area contributed by atoms with Gasteiger partial charge in [-0.1, -0.05) is 58.0 Å². The number of thioether (sulfide) groups is 1. The molecule has 28 heavy (non-hydrogen) atoms. The van der Waals surface area contributed by atoms with Crippen LogP contribution in [0.4, 0.5) is 5.69 Å². The van der Waals surface area contributed by atoms with Gasteiger partial charge in [0.25, 0.3) is 5.91 Å². The molecule has 0 spiro atoms. The molecule has 1 aliphatic rings. The molecule has 2 aromatic carbocycles. The van der Waals surface area contributed by atoms with E-state index in [0.717, 1.165) is 10.0 Å². The molecule has 0 bridgehead atoms. The van der Waals surface area contributed by atoms with Crippen LogP contribution in [0.15, 0.2) is 69.7 Å². The Balaban J connectivity index is 1.82. The third kappa shape index (κ3) is 4.46. The molecule has 1 unspecified atom stereocenters.